The highest BCUT2D eigenvalue weighted by Gasteiger charge is 2.23. The van der Waals surface area contributed by atoms with Crippen LogP contribution in [0, 0.1) is 10.8 Å². The SMILES string of the molecule is CCCCCC(NSCCNC(=O)CC(C)(C)COCC(C)(C)C)C(=O)O. The summed E-state index contributed by atoms with van der Waals surface area (Å²) in [4.78, 5) is 23.3. The fourth-order valence-electron chi connectivity index (χ4n) is 2.41. The molecule has 1 amide bonds. The predicted octanol–water partition coefficient (Wildman–Crippen LogP) is 3.85. The Morgan fingerprint density at radius 3 is 2.33 bits per heavy atom. The average Bonchev–Trinajstić information content (AvgIpc) is 2.50. The summed E-state index contributed by atoms with van der Waals surface area (Å²) in [5, 5.41) is 12.1. The van der Waals surface area contributed by atoms with Crippen LogP contribution in [-0.4, -0.2) is 48.5 Å². The second-order valence-electron chi connectivity index (χ2n) is 9.10. The maximum absolute atomic E-state index is 12.1. The summed E-state index contributed by atoms with van der Waals surface area (Å²) in [6, 6.07) is -0.531. The Bertz CT molecular complexity index is 436. The summed E-state index contributed by atoms with van der Waals surface area (Å²) in [6.45, 7) is 14.2. The molecule has 3 N–H and O–H groups in total. The molecule has 0 aromatic rings. The van der Waals surface area contributed by atoms with Crippen LogP contribution in [0.1, 0.15) is 73.6 Å². The molecule has 0 fully saturated rings. The normalized spacial score (nSPS) is 13.4. The van der Waals surface area contributed by atoms with Gasteiger partial charge in [0.1, 0.15) is 6.04 Å². The highest BCUT2D eigenvalue weighted by Crippen LogP contribution is 2.22. The molecule has 0 aliphatic carbocycles. The van der Waals surface area contributed by atoms with Crippen LogP contribution in [0.15, 0.2) is 0 Å². The molecule has 0 aliphatic rings. The third kappa shape index (κ3) is 15.9. The van der Waals surface area contributed by atoms with Gasteiger partial charge >= 0.3 is 5.97 Å². The third-order valence-electron chi connectivity index (χ3n) is 3.81. The fourth-order valence-corrected chi connectivity index (χ4v) is 3.16. The number of hydrogen-bond donors (Lipinski definition) is 3. The van der Waals surface area contributed by atoms with Crippen molar-refractivity contribution in [3.05, 3.63) is 0 Å². The van der Waals surface area contributed by atoms with Crippen molar-refractivity contribution in [2.75, 3.05) is 25.5 Å². The molecule has 0 aromatic heterocycles. The van der Waals surface area contributed by atoms with Gasteiger partial charge in [-0.15, -0.1) is 0 Å². The maximum atomic E-state index is 12.1. The third-order valence-corrected chi connectivity index (χ3v) is 4.67. The second-order valence-corrected chi connectivity index (χ2v) is 10.0. The number of carbonyl (C=O) groups excluding carboxylic acids is 1. The van der Waals surface area contributed by atoms with Gasteiger partial charge in [-0.3, -0.25) is 9.59 Å². The highest BCUT2D eigenvalue weighted by molar-refractivity contribution is 7.97. The van der Waals surface area contributed by atoms with E-state index < -0.39 is 12.0 Å². The zero-order chi connectivity index (χ0) is 20.9. The molecule has 0 rings (SSSR count). The van der Waals surface area contributed by atoms with Gasteiger partial charge in [-0.1, -0.05) is 72.8 Å². The first-order valence-electron chi connectivity index (χ1n) is 9.91. The van der Waals surface area contributed by atoms with Gasteiger partial charge in [0.2, 0.25) is 5.91 Å². The molecule has 27 heavy (non-hydrogen) atoms. The van der Waals surface area contributed by atoms with Gasteiger partial charge in [0.05, 0.1) is 13.2 Å². The van der Waals surface area contributed by atoms with Crippen molar-refractivity contribution in [1.29, 1.82) is 0 Å². The van der Waals surface area contributed by atoms with E-state index in [1.54, 1.807) is 0 Å². The number of carbonyl (C=O) groups is 2. The van der Waals surface area contributed by atoms with Crippen LogP contribution in [0.2, 0.25) is 0 Å². The van der Waals surface area contributed by atoms with E-state index in [0.29, 0.717) is 38.4 Å². The van der Waals surface area contributed by atoms with E-state index in [9.17, 15) is 14.7 Å². The second kappa shape index (κ2) is 13.4. The molecule has 0 saturated heterocycles. The molecule has 0 heterocycles. The fraction of sp³-hybridized carbons (Fsp3) is 0.900. The summed E-state index contributed by atoms with van der Waals surface area (Å²) in [6.07, 6.45) is 4.06. The molecule has 1 atom stereocenters. The minimum atomic E-state index is -0.820. The zero-order valence-corrected chi connectivity index (χ0v) is 18.8. The Morgan fingerprint density at radius 2 is 1.78 bits per heavy atom. The minimum Gasteiger partial charge on any atom is -0.480 e. The first-order valence-corrected chi connectivity index (χ1v) is 10.9. The van der Waals surface area contributed by atoms with Gasteiger partial charge in [-0.05, 0) is 17.3 Å². The summed E-state index contributed by atoms with van der Waals surface area (Å²) < 4.78 is 8.73. The van der Waals surface area contributed by atoms with Crippen molar-refractivity contribution in [2.45, 2.75) is 79.7 Å². The lowest BCUT2D eigenvalue weighted by atomic mass is 9.90. The van der Waals surface area contributed by atoms with Crippen LogP contribution in [0.25, 0.3) is 0 Å². The van der Waals surface area contributed by atoms with Crippen LogP contribution in [0.4, 0.5) is 0 Å². The molecule has 0 spiro atoms. The van der Waals surface area contributed by atoms with Crippen LogP contribution in [0.3, 0.4) is 0 Å². The molecule has 0 bridgehead atoms. The predicted molar refractivity (Wildman–Crippen MR) is 113 cm³/mol. The number of rotatable bonds is 15. The van der Waals surface area contributed by atoms with Gasteiger partial charge < -0.3 is 15.2 Å². The van der Waals surface area contributed by atoms with Crippen molar-refractivity contribution in [3.63, 3.8) is 0 Å². The summed E-state index contributed by atoms with van der Waals surface area (Å²) in [7, 11) is 0. The lowest BCUT2D eigenvalue weighted by Crippen LogP contribution is -2.35. The van der Waals surface area contributed by atoms with Crippen molar-refractivity contribution in [1.82, 2.24) is 10.0 Å². The van der Waals surface area contributed by atoms with Gasteiger partial charge in [-0.2, -0.15) is 0 Å². The standard InChI is InChI=1S/C20H40N2O4S/c1-7-8-9-10-16(18(24)25)22-27-12-11-21-17(23)13-20(5,6)15-26-14-19(2,3)4/h16,22H,7-15H2,1-6H3,(H,21,23)(H,24,25). The van der Waals surface area contributed by atoms with E-state index in [-0.39, 0.29) is 16.7 Å². The average molecular weight is 405 g/mol. The lowest BCUT2D eigenvalue weighted by molar-refractivity contribution is -0.139. The number of unbranched alkanes of at least 4 members (excludes halogenated alkanes) is 2. The molecule has 0 radical (unpaired) electrons. The van der Waals surface area contributed by atoms with E-state index >= 15 is 0 Å². The first-order chi connectivity index (χ1) is 12.5. The number of hydrogen-bond acceptors (Lipinski definition) is 5. The molecule has 160 valence electrons. The topological polar surface area (TPSA) is 87.7 Å². The van der Waals surface area contributed by atoms with Crippen molar-refractivity contribution in [3.8, 4) is 0 Å². The molecule has 0 saturated carbocycles. The van der Waals surface area contributed by atoms with Gasteiger partial charge in [0.15, 0.2) is 0 Å². The molecule has 1 unspecified atom stereocenters. The number of amides is 1. The summed E-state index contributed by atoms with van der Waals surface area (Å²) in [5.74, 6) is -0.193. The van der Waals surface area contributed by atoms with Gasteiger partial charge in [0, 0.05) is 18.7 Å². The summed E-state index contributed by atoms with van der Waals surface area (Å²) >= 11 is 1.35. The van der Waals surface area contributed by atoms with Gasteiger partial charge in [-0.25, -0.2) is 4.72 Å². The molecular weight excluding hydrogens is 364 g/mol. The number of ether oxygens (including phenoxy) is 1. The number of nitrogens with one attached hydrogen (secondary N) is 2. The van der Waals surface area contributed by atoms with E-state index in [1.165, 1.54) is 11.9 Å². The molecule has 0 aromatic carbocycles. The number of carboxylic acids is 1. The number of aliphatic carboxylic acids is 1. The van der Waals surface area contributed by atoms with Crippen LogP contribution in [-0.2, 0) is 14.3 Å². The quantitative estimate of drug-likeness (QED) is 0.284. The Morgan fingerprint density at radius 1 is 1.11 bits per heavy atom. The van der Waals surface area contributed by atoms with Crippen molar-refractivity contribution >= 4 is 23.8 Å². The molecule has 6 nitrogen and oxygen atoms in total. The van der Waals surface area contributed by atoms with E-state index in [0.717, 1.165) is 19.3 Å². The monoisotopic (exact) mass is 404 g/mol. The molecular formula is C20H40N2O4S. The smallest absolute Gasteiger partial charge is 0.321 e. The van der Waals surface area contributed by atoms with E-state index in [4.69, 9.17) is 4.74 Å². The zero-order valence-electron chi connectivity index (χ0n) is 18.0. The molecule has 7 heteroatoms. The lowest BCUT2D eigenvalue weighted by Gasteiger charge is -2.26. The van der Waals surface area contributed by atoms with Gasteiger partial charge in [0.25, 0.3) is 0 Å². The Balaban J connectivity index is 3.96. The highest BCUT2D eigenvalue weighted by atomic mass is 32.2. The largest absolute Gasteiger partial charge is 0.480 e. The Kier molecular flexibility index (Phi) is 13.0. The van der Waals surface area contributed by atoms with Crippen molar-refractivity contribution < 1.29 is 19.4 Å². The van der Waals surface area contributed by atoms with E-state index in [1.807, 2.05) is 13.8 Å². The molecule has 0 aliphatic heterocycles. The van der Waals surface area contributed by atoms with Crippen LogP contribution >= 0.6 is 11.9 Å². The van der Waals surface area contributed by atoms with Crippen LogP contribution < -0.4 is 10.0 Å². The minimum absolute atomic E-state index is 0.00214. The maximum Gasteiger partial charge on any atom is 0.321 e. The summed E-state index contributed by atoms with van der Waals surface area (Å²) in [5.41, 5.74) is -0.0959. The first kappa shape index (κ1) is 26.2. The number of carboxylic acid groups (broad SMARTS) is 1. The van der Waals surface area contributed by atoms with E-state index in [2.05, 4.69) is 37.7 Å². The Hall–Kier alpha value is -0.790. The van der Waals surface area contributed by atoms with Crippen LogP contribution in [0.5, 0.6) is 0 Å². The van der Waals surface area contributed by atoms with Crippen molar-refractivity contribution in [2.24, 2.45) is 10.8 Å². The Labute approximate surface area is 169 Å².